The Hall–Kier alpha value is -2.74. The van der Waals surface area contributed by atoms with E-state index in [0.29, 0.717) is 0 Å². The van der Waals surface area contributed by atoms with E-state index in [1.807, 2.05) is 12.4 Å². The van der Waals surface area contributed by atoms with E-state index in [-0.39, 0.29) is 10.8 Å². The van der Waals surface area contributed by atoms with Crippen molar-refractivity contribution in [3.8, 4) is 22.3 Å². The molecule has 0 saturated heterocycles. The Bertz CT molecular complexity index is 1010. The van der Waals surface area contributed by atoms with E-state index in [4.69, 9.17) is 0 Å². The molecule has 0 spiro atoms. The molecule has 2 aromatic heterocycles. The number of hydrogen-bond donors (Lipinski definition) is 2. The van der Waals surface area contributed by atoms with Crippen LogP contribution in [0.25, 0.3) is 33.0 Å². The maximum Gasteiger partial charge on any atom is 0.00844 e. The predicted octanol–water partition coefficient (Wildman–Crippen LogP) is 7.43. The smallest absolute Gasteiger partial charge is 0.00844 e. The van der Waals surface area contributed by atoms with Crippen LogP contribution in [0.1, 0.15) is 52.7 Å². The molecular weight excluding hydrogens is 340 g/mol. The number of nitrogens with one attached hydrogen (secondary N) is 2. The maximum absolute atomic E-state index is 3.24. The first-order valence-electron chi connectivity index (χ1n) is 10.0. The van der Waals surface area contributed by atoms with Crippen LogP contribution in [0.4, 0.5) is 0 Å². The van der Waals surface area contributed by atoms with Crippen LogP contribution in [0.5, 0.6) is 0 Å². The van der Waals surface area contributed by atoms with Gasteiger partial charge < -0.3 is 9.97 Å². The molecule has 4 rings (SSSR count). The summed E-state index contributed by atoms with van der Waals surface area (Å²) in [4.78, 5) is 6.49. The van der Waals surface area contributed by atoms with Gasteiger partial charge in [0.15, 0.2) is 0 Å². The molecule has 2 aromatic carbocycles. The fourth-order valence-corrected chi connectivity index (χ4v) is 4.24. The van der Waals surface area contributed by atoms with Crippen LogP contribution in [0.15, 0.2) is 61.2 Å². The first kappa shape index (κ1) is 18.6. The minimum absolute atomic E-state index is 0.0672. The van der Waals surface area contributed by atoms with Gasteiger partial charge >= 0.3 is 0 Å². The highest BCUT2D eigenvalue weighted by Crippen LogP contribution is 2.44. The molecule has 0 amide bonds. The van der Waals surface area contributed by atoms with Crippen LogP contribution in [-0.4, -0.2) is 9.97 Å². The standard InChI is InChI=1S/C26H30N2/c1-25(2,3)21-9-7-20-19(23(21)17-11-13-27-15-17)8-10-22(26(4,5)6)24(20)18-12-14-28-16-18/h7-16,27-28H,1-6H3. The molecule has 2 heterocycles. The zero-order chi connectivity index (χ0) is 20.1. The Morgan fingerprint density at radius 3 is 1.21 bits per heavy atom. The lowest BCUT2D eigenvalue weighted by molar-refractivity contribution is 0.591. The van der Waals surface area contributed by atoms with Gasteiger partial charge in [-0.15, -0.1) is 0 Å². The van der Waals surface area contributed by atoms with Crippen molar-refractivity contribution < 1.29 is 0 Å². The first-order valence-corrected chi connectivity index (χ1v) is 10.0. The summed E-state index contributed by atoms with van der Waals surface area (Å²) in [6, 6.07) is 13.7. The maximum atomic E-state index is 3.24. The van der Waals surface area contributed by atoms with E-state index in [9.17, 15) is 0 Å². The number of benzene rings is 2. The number of aromatic amines is 2. The van der Waals surface area contributed by atoms with Gasteiger partial charge in [0.05, 0.1) is 0 Å². The van der Waals surface area contributed by atoms with Gasteiger partial charge in [-0.2, -0.15) is 0 Å². The second-order valence-corrected chi connectivity index (χ2v) is 9.77. The SMILES string of the molecule is CC(C)(C)c1ccc2c(-c3cc[nH]c3)c(C(C)(C)C)ccc2c1-c1cc[nH]c1. The highest BCUT2D eigenvalue weighted by atomic mass is 14.6. The zero-order valence-corrected chi connectivity index (χ0v) is 17.8. The quantitative estimate of drug-likeness (QED) is 0.368. The monoisotopic (exact) mass is 370 g/mol. The van der Waals surface area contributed by atoms with E-state index in [1.54, 1.807) is 0 Å². The molecule has 0 unspecified atom stereocenters. The van der Waals surface area contributed by atoms with Crippen LogP contribution in [0.3, 0.4) is 0 Å². The number of aromatic nitrogens is 2. The molecule has 0 atom stereocenters. The summed E-state index contributed by atoms with van der Waals surface area (Å²) in [5, 5.41) is 2.63. The fourth-order valence-electron chi connectivity index (χ4n) is 4.24. The van der Waals surface area contributed by atoms with Gasteiger partial charge in [0.2, 0.25) is 0 Å². The molecule has 0 radical (unpaired) electrons. The third-order valence-corrected chi connectivity index (χ3v) is 5.59. The molecule has 2 nitrogen and oxygen atoms in total. The zero-order valence-electron chi connectivity index (χ0n) is 17.8. The molecule has 0 saturated carbocycles. The Labute approximate surface area is 168 Å². The average Bonchev–Trinajstić information content (AvgIpc) is 3.31. The van der Waals surface area contributed by atoms with E-state index in [1.165, 1.54) is 44.2 Å². The van der Waals surface area contributed by atoms with Crippen LogP contribution in [-0.2, 0) is 10.8 Å². The summed E-state index contributed by atoms with van der Waals surface area (Å²) in [5.74, 6) is 0. The van der Waals surface area contributed by atoms with Crippen LogP contribution in [0.2, 0.25) is 0 Å². The Kier molecular flexibility index (Phi) is 4.26. The lowest BCUT2D eigenvalue weighted by Gasteiger charge is -2.28. The number of H-pyrrole nitrogens is 2. The second kappa shape index (κ2) is 6.41. The predicted molar refractivity (Wildman–Crippen MR) is 121 cm³/mol. The Morgan fingerprint density at radius 1 is 0.536 bits per heavy atom. The topological polar surface area (TPSA) is 31.6 Å². The Balaban J connectivity index is 2.16. The molecular formula is C26H30N2. The van der Waals surface area contributed by atoms with Crippen molar-refractivity contribution in [3.63, 3.8) is 0 Å². The molecule has 2 N–H and O–H groups in total. The Morgan fingerprint density at radius 2 is 0.929 bits per heavy atom. The highest BCUT2D eigenvalue weighted by molar-refractivity contribution is 6.07. The minimum atomic E-state index is 0.0672. The van der Waals surface area contributed by atoms with Gasteiger partial charge in [0, 0.05) is 35.9 Å². The third kappa shape index (κ3) is 3.07. The normalized spacial score (nSPS) is 12.6. The highest BCUT2D eigenvalue weighted by Gasteiger charge is 2.25. The lowest BCUT2D eigenvalue weighted by Crippen LogP contribution is -2.15. The van der Waals surface area contributed by atoms with Crippen molar-refractivity contribution in [2.24, 2.45) is 0 Å². The van der Waals surface area contributed by atoms with E-state index < -0.39 is 0 Å². The van der Waals surface area contributed by atoms with E-state index in [0.717, 1.165) is 0 Å². The van der Waals surface area contributed by atoms with Gasteiger partial charge in [-0.1, -0.05) is 65.8 Å². The van der Waals surface area contributed by atoms with Crippen molar-refractivity contribution in [2.75, 3.05) is 0 Å². The average molecular weight is 371 g/mol. The van der Waals surface area contributed by atoms with Crippen LogP contribution >= 0.6 is 0 Å². The summed E-state index contributed by atoms with van der Waals surface area (Å²) in [5.41, 5.74) is 8.06. The summed E-state index contributed by atoms with van der Waals surface area (Å²) in [7, 11) is 0. The summed E-state index contributed by atoms with van der Waals surface area (Å²) >= 11 is 0. The fraction of sp³-hybridized carbons (Fsp3) is 0.308. The summed E-state index contributed by atoms with van der Waals surface area (Å²) in [6.45, 7) is 13.8. The van der Waals surface area contributed by atoms with Crippen molar-refractivity contribution in [1.29, 1.82) is 0 Å². The van der Waals surface area contributed by atoms with Gasteiger partial charge in [-0.25, -0.2) is 0 Å². The minimum Gasteiger partial charge on any atom is -0.367 e. The molecule has 0 aliphatic heterocycles. The molecule has 0 fully saturated rings. The van der Waals surface area contributed by atoms with Crippen molar-refractivity contribution in [1.82, 2.24) is 9.97 Å². The van der Waals surface area contributed by atoms with E-state index in [2.05, 4.69) is 100 Å². The van der Waals surface area contributed by atoms with Crippen LogP contribution < -0.4 is 0 Å². The second-order valence-electron chi connectivity index (χ2n) is 9.77. The number of fused-ring (bicyclic) bond motifs is 1. The lowest BCUT2D eigenvalue weighted by atomic mass is 9.76. The molecule has 4 aromatic rings. The molecule has 28 heavy (non-hydrogen) atoms. The van der Waals surface area contributed by atoms with Gasteiger partial charge in [0.1, 0.15) is 0 Å². The third-order valence-electron chi connectivity index (χ3n) is 5.59. The number of rotatable bonds is 2. The van der Waals surface area contributed by atoms with Crippen molar-refractivity contribution >= 4 is 10.8 Å². The first-order chi connectivity index (χ1) is 13.2. The van der Waals surface area contributed by atoms with Crippen molar-refractivity contribution in [2.45, 2.75) is 52.4 Å². The van der Waals surface area contributed by atoms with Crippen molar-refractivity contribution in [3.05, 3.63) is 72.3 Å². The summed E-state index contributed by atoms with van der Waals surface area (Å²) < 4.78 is 0. The number of hydrogen-bond acceptors (Lipinski definition) is 0. The summed E-state index contributed by atoms with van der Waals surface area (Å²) in [6.07, 6.45) is 8.24. The molecule has 0 aliphatic rings. The largest absolute Gasteiger partial charge is 0.367 e. The molecule has 0 bridgehead atoms. The van der Waals surface area contributed by atoms with E-state index >= 15 is 0 Å². The molecule has 144 valence electrons. The van der Waals surface area contributed by atoms with Gasteiger partial charge in [-0.05, 0) is 56.0 Å². The molecule has 0 aliphatic carbocycles. The van der Waals surface area contributed by atoms with Gasteiger partial charge in [-0.3, -0.25) is 0 Å². The van der Waals surface area contributed by atoms with Crippen LogP contribution in [0, 0.1) is 0 Å². The molecule has 2 heteroatoms. The van der Waals surface area contributed by atoms with Gasteiger partial charge in [0.25, 0.3) is 0 Å².